The standard InChI is InChI=1S/C15H17NO3/c1-8-9(2)16-11-5-4-10(13(17)12(8)11)15(14(18)19)6-3-7-15/h4-5,16-17H,3,6-7H2,1-2H3,(H,18,19). The zero-order valence-electron chi connectivity index (χ0n) is 11.1. The number of aromatic hydroxyl groups is 1. The molecule has 1 aromatic heterocycles. The van der Waals surface area contributed by atoms with Crippen LogP contribution in [0.15, 0.2) is 12.1 Å². The number of aryl methyl sites for hydroxylation is 2. The monoisotopic (exact) mass is 259 g/mol. The molecule has 0 radical (unpaired) electrons. The second-order valence-corrected chi connectivity index (χ2v) is 5.50. The van der Waals surface area contributed by atoms with Crippen molar-refractivity contribution in [2.45, 2.75) is 38.5 Å². The summed E-state index contributed by atoms with van der Waals surface area (Å²) in [6.07, 6.45) is 2.10. The van der Waals surface area contributed by atoms with Gasteiger partial charge in [-0.2, -0.15) is 0 Å². The fourth-order valence-corrected chi connectivity index (χ4v) is 3.07. The molecule has 3 N–H and O–H groups in total. The highest BCUT2D eigenvalue weighted by atomic mass is 16.4. The van der Waals surface area contributed by atoms with E-state index in [1.54, 1.807) is 6.07 Å². The van der Waals surface area contributed by atoms with E-state index in [0.29, 0.717) is 18.4 Å². The smallest absolute Gasteiger partial charge is 0.314 e. The molecule has 1 heterocycles. The fourth-order valence-electron chi connectivity index (χ4n) is 3.07. The Bertz CT molecular complexity index is 680. The molecule has 4 nitrogen and oxygen atoms in total. The average molecular weight is 259 g/mol. The summed E-state index contributed by atoms with van der Waals surface area (Å²) < 4.78 is 0. The number of aromatic amines is 1. The van der Waals surface area contributed by atoms with E-state index in [1.807, 2.05) is 19.9 Å². The number of hydrogen-bond donors (Lipinski definition) is 3. The number of aromatic nitrogens is 1. The second-order valence-electron chi connectivity index (χ2n) is 5.50. The Labute approximate surface area is 111 Å². The minimum Gasteiger partial charge on any atom is -0.507 e. The van der Waals surface area contributed by atoms with Gasteiger partial charge in [0.2, 0.25) is 0 Å². The lowest BCUT2D eigenvalue weighted by Gasteiger charge is -2.38. The van der Waals surface area contributed by atoms with Gasteiger partial charge in [-0.3, -0.25) is 4.79 Å². The van der Waals surface area contributed by atoms with Crippen molar-refractivity contribution in [1.82, 2.24) is 4.98 Å². The van der Waals surface area contributed by atoms with Gasteiger partial charge < -0.3 is 15.2 Å². The zero-order chi connectivity index (χ0) is 13.8. The van der Waals surface area contributed by atoms with Crippen molar-refractivity contribution >= 4 is 16.9 Å². The summed E-state index contributed by atoms with van der Waals surface area (Å²) >= 11 is 0. The van der Waals surface area contributed by atoms with Gasteiger partial charge in [-0.1, -0.05) is 12.5 Å². The van der Waals surface area contributed by atoms with Crippen LogP contribution in [-0.4, -0.2) is 21.2 Å². The van der Waals surface area contributed by atoms with Crippen LogP contribution in [-0.2, 0) is 10.2 Å². The van der Waals surface area contributed by atoms with Crippen LogP contribution in [0, 0.1) is 13.8 Å². The van der Waals surface area contributed by atoms with Crippen molar-refractivity contribution in [3.63, 3.8) is 0 Å². The van der Waals surface area contributed by atoms with E-state index >= 15 is 0 Å². The highest BCUT2D eigenvalue weighted by molar-refractivity contribution is 5.94. The summed E-state index contributed by atoms with van der Waals surface area (Å²) in [7, 11) is 0. The molecule has 3 rings (SSSR count). The number of aliphatic carboxylic acids is 1. The molecule has 1 aliphatic rings. The molecular weight excluding hydrogens is 242 g/mol. The summed E-state index contributed by atoms with van der Waals surface area (Å²) in [5.74, 6) is -0.709. The number of carboxylic acid groups (broad SMARTS) is 1. The number of carboxylic acids is 1. The van der Waals surface area contributed by atoms with Crippen molar-refractivity contribution in [3.05, 3.63) is 29.0 Å². The SMILES string of the molecule is Cc1[nH]c2ccc(C3(C(=O)O)CCC3)c(O)c2c1C. The number of hydrogen-bond acceptors (Lipinski definition) is 2. The van der Waals surface area contributed by atoms with Gasteiger partial charge in [0.05, 0.1) is 5.41 Å². The van der Waals surface area contributed by atoms with Crippen LogP contribution in [0.2, 0.25) is 0 Å². The molecular formula is C15H17NO3. The first kappa shape index (κ1) is 12.1. The highest BCUT2D eigenvalue weighted by Gasteiger charge is 2.47. The van der Waals surface area contributed by atoms with Crippen LogP contribution in [0.1, 0.15) is 36.1 Å². The van der Waals surface area contributed by atoms with Crippen LogP contribution in [0.25, 0.3) is 10.9 Å². The first-order valence-corrected chi connectivity index (χ1v) is 6.52. The maximum absolute atomic E-state index is 11.6. The third kappa shape index (κ3) is 1.43. The molecule has 0 amide bonds. The predicted octanol–water partition coefficient (Wildman–Crippen LogP) is 3.00. The van der Waals surface area contributed by atoms with Crippen molar-refractivity contribution in [1.29, 1.82) is 0 Å². The number of phenolic OH excluding ortho intramolecular Hbond substituents is 1. The first-order valence-electron chi connectivity index (χ1n) is 6.52. The third-order valence-corrected chi connectivity index (χ3v) is 4.57. The van der Waals surface area contributed by atoms with E-state index in [9.17, 15) is 15.0 Å². The van der Waals surface area contributed by atoms with Gasteiger partial charge in [0, 0.05) is 22.2 Å². The minimum atomic E-state index is -0.893. The molecule has 2 aromatic rings. The predicted molar refractivity (Wildman–Crippen MR) is 72.6 cm³/mol. The molecule has 0 bridgehead atoms. The fraction of sp³-hybridized carbons (Fsp3) is 0.400. The van der Waals surface area contributed by atoms with Crippen molar-refractivity contribution in [2.75, 3.05) is 0 Å². The largest absolute Gasteiger partial charge is 0.507 e. The summed E-state index contributed by atoms with van der Waals surface area (Å²) in [6, 6.07) is 3.62. The average Bonchev–Trinajstić information content (AvgIpc) is 2.57. The van der Waals surface area contributed by atoms with E-state index < -0.39 is 11.4 Å². The summed E-state index contributed by atoms with van der Waals surface area (Å²) in [6.45, 7) is 3.89. The lowest BCUT2D eigenvalue weighted by atomic mass is 9.64. The Hall–Kier alpha value is -1.97. The van der Waals surface area contributed by atoms with Gasteiger partial charge in [0.25, 0.3) is 0 Å². The van der Waals surface area contributed by atoms with Crippen LogP contribution < -0.4 is 0 Å². The lowest BCUT2D eigenvalue weighted by molar-refractivity contribution is -0.147. The van der Waals surface area contributed by atoms with Gasteiger partial charge in [0.15, 0.2) is 0 Å². The van der Waals surface area contributed by atoms with Gasteiger partial charge in [-0.15, -0.1) is 0 Å². The molecule has 0 aliphatic heterocycles. The van der Waals surface area contributed by atoms with Crippen LogP contribution in [0.4, 0.5) is 0 Å². The number of phenols is 1. The molecule has 1 aromatic carbocycles. The molecule has 0 atom stereocenters. The number of rotatable bonds is 2. The number of nitrogens with one attached hydrogen (secondary N) is 1. The number of benzene rings is 1. The number of H-pyrrole nitrogens is 1. The number of fused-ring (bicyclic) bond motifs is 1. The molecule has 0 spiro atoms. The van der Waals surface area contributed by atoms with Gasteiger partial charge in [0.1, 0.15) is 5.75 Å². The lowest BCUT2D eigenvalue weighted by Crippen LogP contribution is -2.42. The third-order valence-electron chi connectivity index (χ3n) is 4.57. The summed E-state index contributed by atoms with van der Waals surface area (Å²) in [4.78, 5) is 14.8. The quantitative estimate of drug-likeness (QED) is 0.776. The molecule has 19 heavy (non-hydrogen) atoms. The Balaban J connectivity index is 2.28. The van der Waals surface area contributed by atoms with Crippen LogP contribution >= 0.6 is 0 Å². The second kappa shape index (κ2) is 3.76. The Morgan fingerprint density at radius 2 is 2.00 bits per heavy atom. The molecule has 1 aliphatic carbocycles. The molecule has 1 fully saturated rings. The zero-order valence-corrected chi connectivity index (χ0v) is 11.1. The van der Waals surface area contributed by atoms with E-state index in [-0.39, 0.29) is 5.75 Å². The molecule has 4 heteroatoms. The van der Waals surface area contributed by atoms with Crippen molar-refractivity contribution in [2.24, 2.45) is 0 Å². The molecule has 0 saturated heterocycles. The Kier molecular flexibility index (Phi) is 2.39. The molecule has 100 valence electrons. The van der Waals surface area contributed by atoms with Gasteiger partial charge >= 0.3 is 5.97 Å². The maximum Gasteiger partial charge on any atom is 0.314 e. The maximum atomic E-state index is 11.6. The van der Waals surface area contributed by atoms with Crippen LogP contribution in [0.5, 0.6) is 5.75 Å². The van der Waals surface area contributed by atoms with Gasteiger partial charge in [-0.05, 0) is 38.3 Å². The van der Waals surface area contributed by atoms with Crippen LogP contribution in [0.3, 0.4) is 0 Å². The normalized spacial score (nSPS) is 17.4. The Morgan fingerprint density at radius 1 is 1.32 bits per heavy atom. The Morgan fingerprint density at radius 3 is 2.53 bits per heavy atom. The van der Waals surface area contributed by atoms with E-state index in [4.69, 9.17) is 0 Å². The number of carbonyl (C=O) groups is 1. The van der Waals surface area contributed by atoms with Gasteiger partial charge in [-0.25, -0.2) is 0 Å². The first-order chi connectivity index (χ1) is 8.97. The summed E-state index contributed by atoms with van der Waals surface area (Å²) in [5.41, 5.74) is 2.50. The topological polar surface area (TPSA) is 73.3 Å². The van der Waals surface area contributed by atoms with E-state index in [1.165, 1.54) is 0 Å². The molecule has 1 saturated carbocycles. The minimum absolute atomic E-state index is 0.126. The van der Waals surface area contributed by atoms with E-state index in [2.05, 4.69) is 4.98 Å². The highest BCUT2D eigenvalue weighted by Crippen LogP contribution is 2.49. The van der Waals surface area contributed by atoms with E-state index in [0.717, 1.165) is 28.6 Å². The van der Waals surface area contributed by atoms with Crippen molar-refractivity contribution in [3.8, 4) is 5.75 Å². The summed E-state index contributed by atoms with van der Waals surface area (Å²) in [5, 5.41) is 20.8. The van der Waals surface area contributed by atoms with Crippen molar-refractivity contribution < 1.29 is 15.0 Å². The molecule has 0 unspecified atom stereocenters.